The Labute approximate surface area is 219 Å². The van der Waals surface area contributed by atoms with Gasteiger partial charge in [0.15, 0.2) is 18.1 Å². The Balaban J connectivity index is 0. The fourth-order valence-corrected chi connectivity index (χ4v) is 3.12. The van der Waals surface area contributed by atoms with E-state index in [1.807, 2.05) is 13.8 Å². The van der Waals surface area contributed by atoms with Crippen molar-refractivity contribution in [1.29, 1.82) is 0 Å². The van der Waals surface area contributed by atoms with Crippen LogP contribution in [0.1, 0.15) is 40.0 Å². The fraction of sp³-hybridized carbons (Fsp3) is 0.792. The van der Waals surface area contributed by atoms with Crippen LogP contribution in [-0.2, 0) is 33.4 Å². The number of hydrogen-bond donors (Lipinski definition) is 2. The number of rotatable bonds is 15. The molecule has 13 heteroatoms. The van der Waals surface area contributed by atoms with Gasteiger partial charge in [0.2, 0.25) is 0 Å². The summed E-state index contributed by atoms with van der Waals surface area (Å²) in [6.45, 7) is 5.56. The largest absolute Gasteiger partial charge is 0.550 e. The third-order valence-corrected chi connectivity index (χ3v) is 4.61. The Bertz CT molecular complexity index is 722. The van der Waals surface area contributed by atoms with Crippen molar-refractivity contribution in [2.24, 2.45) is 17.6 Å². The van der Waals surface area contributed by atoms with Gasteiger partial charge in [-0.2, -0.15) is 0 Å². The highest BCUT2D eigenvalue weighted by atomic mass is 16.6. The van der Waals surface area contributed by atoms with E-state index in [1.165, 1.54) is 6.92 Å². The van der Waals surface area contributed by atoms with Crippen molar-refractivity contribution < 1.29 is 57.7 Å². The van der Waals surface area contributed by atoms with Crippen molar-refractivity contribution in [3.8, 4) is 0 Å². The van der Waals surface area contributed by atoms with Crippen LogP contribution in [0.15, 0.2) is 0 Å². The average molecular weight is 536 g/mol. The highest BCUT2D eigenvalue weighted by molar-refractivity contribution is 5.94. The van der Waals surface area contributed by atoms with Gasteiger partial charge in [0.1, 0.15) is 19.1 Å². The van der Waals surface area contributed by atoms with Crippen LogP contribution in [0.5, 0.6) is 0 Å². The number of ether oxygens (including phenoxy) is 2. The van der Waals surface area contributed by atoms with Crippen LogP contribution in [0.2, 0.25) is 0 Å². The zero-order valence-corrected chi connectivity index (χ0v) is 23.5. The molecule has 0 aromatic carbocycles. The van der Waals surface area contributed by atoms with E-state index >= 15 is 0 Å². The lowest BCUT2D eigenvalue weighted by Gasteiger charge is -2.30. The van der Waals surface area contributed by atoms with E-state index in [9.17, 15) is 34.2 Å². The quantitative estimate of drug-likeness (QED) is 0.129. The van der Waals surface area contributed by atoms with Gasteiger partial charge < -0.3 is 49.1 Å². The molecule has 0 heterocycles. The molecule has 3 N–H and O–H groups in total. The lowest BCUT2D eigenvalue weighted by atomic mass is 10.1. The maximum absolute atomic E-state index is 12.3. The predicted molar refractivity (Wildman–Crippen MR) is 129 cm³/mol. The highest BCUT2D eigenvalue weighted by Gasteiger charge is 2.32. The second-order valence-corrected chi connectivity index (χ2v) is 11.5. The van der Waals surface area contributed by atoms with E-state index < -0.39 is 66.9 Å². The second-order valence-electron chi connectivity index (χ2n) is 11.5. The Hall–Kier alpha value is -2.77. The molecule has 0 rings (SSSR count). The summed E-state index contributed by atoms with van der Waals surface area (Å²) in [7, 11) is 10.8. The summed E-state index contributed by atoms with van der Waals surface area (Å²) >= 11 is 0. The van der Waals surface area contributed by atoms with Crippen molar-refractivity contribution in [3.63, 3.8) is 0 Å². The molecule has 0 aromatic rings. The first-order valence-electron chi connectivity index (χ1n) is 11.9. The molecule has 2 unspecified atom stereocenters. The van der Waals surface area contributed by atoms with Gasteiger partial charge in [0.25, 0.3) is 0 Å². The molecule has 3 atom stereocenters. The summed E-state index contributed by atoms with van der Waals surface area (Å²) in [6.07, 6.45) is -2.40. The third kappa shape index (κ3) is 21.1. The maximum atomic E-state index is 12.3. The Morgan fingerprint density at radius 2 is 1.08 bits per heavy atom. The fourth-order valence-electron chi connectivity index (χ4n) is 3.12. The molecule has 0 aliphatic carbocycles. The number of carbonyl (C=O) groups is 5. The van der Waals surface area contributed by atoms with Crippen molar-refractivity contribution in [2.75, 3.05) is 55.4 Å². The summed E-state index contributed by atoms with van der Waals surface area (Å²) in [5.41, 5.74) is 5.22. The number of likely N-dealkylation sites (N-methyl/N-ethyl adjacent to an activating group) is 2. The Kier molecular flexibility index (Phi) is 15.9. The van der Waals surface area contributed by atoms with Gasteiger partial charge >= 0.3 is 17.9 Å². The molecule has 0 aromatic heterocycles. The molecule has 0 bridgehead atoms. The topological polar surface area (TPSA) is 196 Å². The molecule has 0 radical (unpaired) electrons. The number of nitrogens with two attached hydrogens (primary N) is 1. The number of carboxylic acid groups (broad SMARTS) is 3. The van der Waals surface area contributed by atoms with Crippen LogP contribution in [0.25, 0.3) is 0 Å². The molecule has 13 nitrogen and oxygen atoms in total. The molecule has 0 saturated carbocycles. The lowest BCUT2D eigenvalue weighted by Crippen LogP contribution is -2.47. The molecule has 0 fully saturated rings. The van der Waals surface area contributed by atoms with Crippen LogP contribution in [0, 0.1) is 11.8 Å². The molecule has 0 saturated heterocycles. The minimum atomic E-state index is -1.38. The number of esters is 2. The number of carboxylic acids is 3. The Morgan fingerprint density at radius 3 is 1.27 bits per heavy atom. The van der Waals surface area contributed by atoms with E-state index in [1.54, 1.807) is 42.3 Å². The number of aliphatic carboxylic acids is 3. The van der Waals surface area contributed by atoms with Gasteiger partial charge in [-0.05, 0) is 19.3 Å². The highest BCUT2D eigenvalue weighted by Crippen LogP contribution is 2.13. The van der Waals surface area contributed by atoms with Gasteiger partial charge in [0, 0.05) is 24.8 Å². The average Bonchev–Trinajstić information content (AvgIpc) is 2.63. The third-order valence-electron chi connectivity index (χ3n) is 4.61. The van der Waals surface area contributed by atoms with Gasteiger partial charge in [-0.3, -0.25) is 14.4 Å². The van der Waals surface area contributed by atoms with E-state index in [0.717, 1.165) is 0 Å². The Morgan fingerprint density at radius 1 is 0.757 bits per heavy atom. The molecule has 0 aliphatic rings. The zero-order chi connectivity index (χ0) is 29.7. The number of nitrogens with zero attached hydrogens (tertiary/aromatic N) is 2. The molecule has 216 valence electrons. The van der Waals surface area contributed by atoms with Gasteiger partial charge in [0.05, 0.1) is 42.3 Å². The first kappa shape index (κ1) is 36.4. The summed E-state index contributed by atoms with van der Waals surface area (Å²) in [6, 6.07) is -0.690. The van der Waals surface area contributed by atoms with Gasteiger partial charge in [-0.25, -0.2) is 0 Å². The maximum Gasteiger partial charge on any atom is 0.320 e. The first-order valence-corrected chi connectivity index (χ1v) is 11.9. The normalized spacial score (nSPS) is 14.9. The molecular weight excluding hydrogens is 490 g/mol. The minimum absolute atomic E-state index is 0.205. The van der Waals surface area contributed by atoms with Crippen LogP contribution in [0.3, 0.4) is 0 Å². The van der Waals surface area contributed by atoms with E-state index in [-0.39, 0.29) is 13.1 Å². The van der Waals surface area contributed by atoms with Crippen LogP contribution >= 0.6 is 0 Å². The first-order chi connectivity index (χ1) is 16.5. The number of hydrogen-bond acceptors (Lipinski definition) is 10. The number of carbonyl (C=O) groups excluding carboxylic acids is 4. The van der Waals surface area contributed by atoms with Gasteiger partial charge in [-0.15, -0.1) is 0 Å². The lowest BCUT2D eigenvalue weighted by molar-refractivity contribution is -0.873. The summed E-state index contributed by atoms with van der Waals surface area (Å²) in [4.78, 5) is 56.5. The monoisotopic (exact) mass is 535 g/mol. The van der Waals surface area contributed by atoms with Crippen LogP contribution < -0.4 is 15.9 Å². The second kappa shape index (κ2) is 16.2. The molecular formula is C24H45N3O10. The van der Waals surface area contributed by atoms with Crippen molar-refractivity contribution in [3.05, 3.63) is 0 Å². The molecule has 0 aliphatic heterocycles. The summed E-state index contributed by atoms with van der Waals surface area (Å²) < 4.78 is 11.0. The predicted octanol–water partition coefficient (Wildman–Crippen LogP) is -2.42. The van der Waals surface area contributed by atoms with E-state index in [0.29, 0.717) is 21.3 Å². The summed E-state index contributed by atoms with van der Waals surface area (Å²) in [5.74, 6) is -6.53. The van der Waals surface area contributed by atoms with Crippen LogP contribution in [0.4, 0.5) is 0 Å². The minimum Gasteiger partial charge on any atom is -0.550 e. The van der Waals surface area contributed by atoms with Gasteiger partial charge in [-0.1, -0.05) is 13.8 Å². The summed E-state index contributed by atoms with van der Waals surface area (Å²) in [5, 5.41) is 30.1. The van der Waals surface area contributed by atoms with E-state index in [2.05, 4.69) is 0 Å². The smallest absolute Gasteiger partial charge is 0.320 e. The zero-order valence-electron chi connectivity index (χ0n) is 23.5. The van der Waals surface area contributed by atoms with Crippen LogP contribution in [-0.4, -0.2) is 118 Å². The standard InChI is InChI=1S/C18H32N2O8.C6H13NO2/c1-12(17(25)27-13(8-15(21)22)10-19(2,3)4)18(26)28-14(9-16(23)24)11-20(5,6)7;1-4(2)3-5(7)6(8)9/h12-14H,8-11H2,1-7H3;4-5H,3,7H2,1-2H3,(H,8,9)/t;5-/m.0/s1. The molecule has 0 spiro atoms. The van der Waals surface area contributed by atoms with Crippen molar-refractivity contribution in [2.45, 2.75) is 58.3 Å². The van der Waals surface area contributed by atoms with E-state index in [4.69, 9.17) is 20.3 Å². The van der Waals surface area contributed by atoms with Crippen molar-refractivity contribution in [1.82, 2.24) is 0 Å². The molecule has 37 heavy (non-hydrogen) atoms. The van der Waals surface area contributed by atoms with Crippen molar-refractivity contribution >= 4 is 29.8 Å². The molecule has 0 amide bonds. The SMILES string of the molecule is CC(C(=O)OC(CC(=O)[O-])C[N+](C)(C)C)C(=O)OC(CC(=O)[O-])C[N+](C)(C)C.CC(C)C[C@H](N)C(=O)O. The number of quaternary nitrogens is 2.